The molecule has 206 valence electrons. The molecular weight excluding hydrogens is 504 g/mol. The Morgan fingerprint density at radius 1 is 0.895 bits per heavy atom. The highest BCUT2D eigenvalue weighted by atomic mass is 16.4. The number of aromatic nitrogens is 1. The first-order valence-corrected chi connectivity index (χ1v) is 11.5. The molecule has 15 heteroatoms. The van der Waals surface area contributed by atoms with E-state index in [-0.39, 0.29) is 19.3 Å². The Kier molecular flexibility index (Phi) is 10.7. The highest BCUT2D eigenvalue weighted by molar-refractivity contribution is 5.95. The second-order valence-corrected chi connectivity index (χ2v) is 8.48. The number of H-pyrrole nitrogens is 1. The van der Waals surface area contributed by atoms with Crippen LogP contribution in [0.1, 0.15) is 24.8 Å². The summed E-state index contributed by atoms with van der Waals surface area (Å²) in [5.41, 5.74) is 12.1. The van der Waals surface area contributed by atoms with Gasteiger partial charge < -0.3 is 47.7 Å². The average molecular weight is 535 g/mol. The molecule has 0 aliphatic rings. The van der Waals surface area contributed by atoms with Crippen LogP contribution in [0.5, 0.6) is 0 Å². The van der Waals surface area contributed by atoms with E-state index in [4.69, 9.17) is 21.7 Å². The van der Waals surface area contributed by atoms with Crippen LogP contribution in [0, 0.1) is 0 Å². The van der Waals surface area contributed by atoms with E-state index in [1.807, 2.05) is 0 Å². The van der Waals surface area contributed by atoms with Crippen LogP contribution >= 0.6 is 0 Å². The van der Waals surface area contributed by atoms with Crippen molar-refractivity contribution in [2.24, 2.45) is 11.5 Å². The zero-order valence-corrected chi connectivity index (χ0v) is 20.2. The number of nitrogens with one attached hydrogen (secondary N) is 4. The lowest BCUT2D eigenvalue weighted by molar-refractivity contribution is -0.143. The second kappa shape index (κ2) is 13.7. The Balaban J connectivity index is 2.31. The van der Waals surface area contributed by atoms with Crippen LogP contribution in [0.4, 0.5) is 0 Å². The summed E-state index contributed by atoms with van der Waals surface area (Å²) in [4.78, 5) is 75.0. The lowest BCUT2D eigenvalue weighted by Crippen LogP contribution is -2.58. The van der Waals surface area contributed by atoms with Crippen molar-refractivity contribution >= 4 is 46.5 Å². The Bertz CT molecular complexity index is 1200. The maximum absolute atomic E-state index is 13.3. The molecule has 4 amide bonds. The first kappa shape index (κ1) is 29.7. The number of aliphatic carboxylic acids is 2. The van der Waals surface area contributed by atoms with Gasteiger partial charge in [-0.15, -0.1) is 0 Å². The van der Waals surface area contributed by atoms with Crippen molar-refractivity contribution in [1.29, 1.82) is 0 Å². The summed E-state index contributed by atoms with van der Waals surface area (Å²) in [5, 5.41) is 34.8. The Labute approximate surface area is 215 Å². The number of aromatic amines is 1. The SMILES string of the molecule is NC(=O)CCC(NC(=O)C(Cc1c[nH]c2ccccc12)NC(=O)C(N)CC(=O)O)C(=O)NC(CO)C(=O)O. The van der Waals surface area contributed by atoms with Crippen LogP contribution in [-0.2, 0) is 35.2 Å². The summed E-state index contributed by atoms with van der Waals surface area (Å²) in [7, 11) is 0. The molecule has 2 rings (SSSR count). The number of benzene rings is 1. The van der Waals surface area contributed by atoms with E-state index in [0.717, 1.165) is 10.9 Å². The number of nitrogens with two attached hydrogens (primary N) is 2. The van der Waals surface area contributed by atoms with Crippen LogP contribution in [0.2, 0.25) is 0 Å². The fourth-order valence-electron chi connectivity index (χ4n) is 3.57. The molecule has 2 aromatic rings. The van der Waals surface area contributed by atoms with Gasteiger partial charge in [0.15, 0.2) is 0 Å². The van der Waals surface area contributed by atoms with Crippen molar-refractivity contribution in [3.8, 4) is 0 Å². The van der Waals surface area contributed by atoms with Gasteiger partial charge in [0.1, 0.15) is 18.1 Å². The number of aliphatic hydroxyl groups excluding tert-OH is 1. The quantitative estimate of drug-likeness (QED) is 0.114. The van der Waals surface area contributed by atoms with Crippen LogP contribution in [0.25, 0.3) is 10.9 Å². The minimum absolute atomic E-state index is 0.0973. The third kappa shape index (κ3) is 8.56. The molecule has 0 aliphatic carbocycles. The zero-order chi connectivity index (χ0) is 28.4. The molecule has 0 fully saturated rings. The van der Waals surface area contributed by atoms with Gasteiger partial charge in [0, 0.05) is 29.9 Å². The highest BCUT2D eigenvalue weighted by Gasteiger charge is 2.31. The number of carbonyl (C=O) groups is 6. The van der Waals surface area contributed by atoms with Crippen molar-refractivity contribution < 1.29 is 44.1 Å². The molecule has 0 saturated carbocycles. The maximum Gasteiger partial charge on any atom is 0.328 e. The molecule has 0 aliphatic heterocycles. The standard InChI is InChI=1S/C23H30N6O9/c24-13(8-19(32)33)20(34)28-16(7-11-9-26-14-4-2-1-3-12(11)14)22(36)27-15(5-6-18(25)31)21(35)29-17(10-30)23(37)38/h1-4,9,13,15-17,26,30H,5-8,10,24H2,(H2,25,31)(H,27,36)(H,28,34)(H,29,35)(H,32,33)(H,37,38). The predicted molar refractivity (Wildman–Crippen MR) is 131 cm³/mol. The predicted octanol–water partition coefficient (Wildman–Crippen LogP) is -2.69. The Hall–Kier alpha value is -4.50. The van der Waals surface area contributed by atoms with Crippen molar-refractivity contribution in [2.75, 3.05) is 6.61 Å². The smallest absolute Gasteiger partial charge is 0.328 e. The van der Waals surface area contributed by atoms with Gasteiger partial charge in [0.2, 0.25) is 23.6 Å². The van der Waals surface area contributed by atoms with Crippen LogP contribution < -0.4 is 27.4 Å². The van der Waals surface area contributed by atoms with E-state index in [2.05, 4.69) is 20.9 Å². The molecule has 0 saturated heterocycles. The normalized spacial score (nSPS) is 14.1. The minimum Gasteiger partial charge on any atom is -0.481 e. The number of hydrogen-bond acceptors (Lipinski definition) is 8. The molecule has 4 atom stereocenters. The van der Waals surface area contributed by atoms with E-state index < -0.39 is 72.8 Å². The monoisotopic (exact) mass is 534 g/mol. The molecule has 1 heterocycles. The lowest BCUT2D eigenvalue weighted by Gasteiger charge is -2.24. The fraction of sp³-hybridized carbons (Fsp3) is 0.391. The van der Waals surface area contributed by atoms with Crippen LogP contribution in [-0.4, -0.2) is 86.6 Å². The molecule has 1 aromatic carbocycles. The first-order valence-electron chi connectivity index (χ1n) is 11.5. The number of primary amides is 1. The molecule has 38 heavy (non-hydrogen) atoms. The summed E-state index contributed by atoms with van der Waals surface area (Å²) in [5.74, 6) is -6.50. The number of amides is 4. The summed E-state index contributed by atoms with van der Waals surface area (Å²) in [6.45, 7) is -0.932. The summed E-state index contributed by atoms with van der Waals surface area (Å²) >= 11 is 0. The molecule has 0 bridgehead atoms. The minimum atomic E-state index is -1.67. The molecule has 0 radical (unpaired) electrons. The summed E-state index contributed by atoms with van der Waals surface area (Å²) in [6, 6.07) is 1.17. The Morgan fingerprint density at radius 2 is 1.50 bits per heavy atom. The van der Waals surface area contributed by atoms with Crippen molar-refractivity contribution in [3.63, 3.8) is 0 Å². The molecule has 15 nitrogen and oxygen atoms in total. The number of carbonyl (C=O) groups excluding carboxylic acids is 4. The maximum atomic E-state index is 13.3. The van der Waals surface area contributed by atoms with E-state index in [1.165, 1.54) is 0 Å². The van der Waals surface area contributed by atoms with Crippen molar-refractivity contribution in [3.05, 3.63) is 36.0 Å². The molecular formula is C23H30N6O9. The van der Waals surface area contributed by atoms with E-state index in [1.54, 1.807) is 30.5 Å². The zero-order valence-electron chi connectivity index (χ0n) is 20.2. The third-order valence-corrected chi connectivity index (χ3v) is 5.57. The molecule has 1 aromatic heterocycles. The van der Waals surface area contributed by atoms with Gasteiger partial charge in [-0.3, -0.25) is 24.0 Å². The van der Waals surface area contributed by atoms with E-state index in [9.17, 15) is 33.9 Å². The van der Waals surface area contributed by atoms with Gasteiger partial charge in [0.25, 0.3) is 0 Å². The van der Waals surface area contributed by atoms with Gasteiger partial charge in [-0.25, -0.2) is 4.79 Å². The number of aliphatic hydroxyl groups is 1. The number of para-hydroxylation sites is 1. The fourth-order valence-corrected chi connectivity index (χ4v) is 3.57. The average Bonchev–Trinajstić information content (AvgIpc) is 3.26. The number of rotatable bonds is 15. The summed E-state index contributed by atoms with van der Waals surface area (Å²) < 4.78 is 0. The highest BCUT2D eigenvalue weighted by Crippen LogP contribution is 2.19. The number of hydrogen-bond donors (Lipinski definition) is 9. The molecule has 11 N–H and O–H groups in total. The van der Waals surface area contributed by atoms with Crippen molar-refractivity contribution in [1.82, 2.24) is 20.9 Å². The van der Waals surface area contributed by atoms with Gasteiger partial charge in [-0.05, 0) is 18.1 Å². The second-order valence-electron chi connectivity index (χ2n) is 8.48. The van der Waals surface area contributed by atoms with Gasteiger partial charge in [-0.1, -0.05) is 18.2 Å². The Morgan fingerprint density at radius 3 is 2.11 bits per heavy atom. The van der Waals surface area contributed by atoms with E-state index in [0.29, 0.717) is 5.56 Å². The van der Waals surface area contributed by atoms with Gasteiger partial charge in [-0.2, -0.15) is 0 Å². The topological polar surface area (TPSA) is 267 Å². The largest absolute Gasteiger partial charge is 0.481 e. The van der Waals surface area contributed by atoms with E-state index >= 15 is 0 Å². The number of carboxylic acids is 2. The molecule has 0 spiro atoms. The van der Waals surface area contributed by atoms with Gasteiger partial charge >= 0.3 is 11.9 Å². The first-order chi connectivity index (χ1) is 17.9. The van der Waals surface area contributed by atoms with Crippen molar-refractivity contribution in [2.45, 2.75) is 49.9 Å². The number of fused-ring (bicyclic) bond motifs is 1. The lowest BCUT2D eigenvalue weighted by atomic mass is 10.0. The third-order valence-electron chi connectivity index (χ3n) is 5.57. The van der Waals surface area contributed by atoms with Crippen LogP contribution in [0.3, 0.4) is 0 Å². The number of carboxylic acid groups (broad SMARTS) is 2. The van der Waals surface area contributed by atoms with Crippen LogP contribution in [0.15, 0.2) is 30.5 Å². The van der Waals surface area contributed by atoms with Gasteiger partial charge in [0.05, 0.1) is 19.1 Å². The molecule has 4 unspecified atom stereocenters. The summed E-state index contributed by atoms with van der Waals surface area (Å²) in [6.07, 6.45) is 0.161.